The fourth-order valence-electron chi connectivity index (χ4n) is 2.98. The molecule has 1 heterocycles. The van der Waals surface area contributed by atoms with Crippen molar-refractivity contribution in [1.82, 2.24) is 10.6 Å². The number of amides is 2. The van der Waals surface area contributed by atoms with Gasteiger partial charge in [-0.15, -0.1) is 0 Å². The molecule has 0 saturated carbocycles. The SMILES string of the molecule is CCOC(=O)C1=C(c2ccccc2)NC(=O)NC1c1ccccc1OC(F)F. The summed E-state index contributed by atoms with van der Waals surface area (Å²) < 4.78 is 35.4. The Morgan fingerprint density at radius 2 is 1.79 bits per heavy atom. The Balaban J connectivity index is 2.18. The van der Waals surface area contributed by atoms with Gasteiger partial charge in [-0.3, -0.25) is 0 Å². The second kappa shape index (κ2) is 8.51. The second-order valence-corrected chi connectivity index (χ2v) is 5.82. The third-order valence-corrected chi connectivity index (χ3v) is 4.08. The van der Waals surface area contributed by atoms with E-state index in [9.17, 15) is 18.4 Å². The number of hydrogen-bond acceptors (Lipinski definition) is 4. The molecular weight excluding hydrogens is 370 g/mol. The average Bonchev–Trinajstić information content (AvgIpc) is 2.68. The molecule has 0 saturated heterocycles. The Labute approximate surface area is 160 Å². The van der Waals surface area contributed by atoms with E-state index in [1.54, 1.807) is 43.3 Å². The molecule has 0 fully saturated rings. The van der Waals surface area contributed by atoms with Crippen molar-refractivity contribution in [2.45, 2.75) is 19.6 Å². The fraction of sp³-hybridized carbons (Fsp3) is 0.200. The summed E-state index contributed by atoms with van der Waals surface area (Å²) in [6.07, 6.45) is 0. The molecule has 1 atom stereocenters. The minimum absolute atomic E-state index is 0.0953. The van der Waals surface area contributed by atoms with Crippen LogP contribution in [0.1, 0.15) is 24.1 Å². The summed E-state index contributed by atoms with van der Waals surface area (Å²) in [5, 5.41) is 5.22. The molecule has 2 N–H and O–H groups in total. The number of urea groups is 1. The molecule has 2 aromatic carbocycles. The van der Waals surface area contributed by atoms with Crippen LogP contribution in [0.5, 0.6) is 5.75 Å². The Morgan fingerprint density at radius 3 is 2.46 bits per heavy atom. The van der Waals surface area contributed by atoms with Crippen molar-refractivity contribution in [2.24, 2.45) is 0 Å². The first-order chi connectivity index (χ1) is 13.5. The van der Waals surface area contributed by atoms with Crippen molar-refractivity contribution in [3.63, 3.8) is 0 Å². The zero-order valence-corrected chi connectivity index (χ0v) is 14.9. The van der Waals surface area contributed by atoms with Crippen molar-refractivity contribution >= 4 is 17.7 Å². The number of benzene rings is 2. The van der Waals surface area contributed by atoms with Gasteiger partial charge in [0.25, 0.3) is 0 Å². The van der Waals surface area contributed by atoms with Crippen molar-refractivity contribution in [1.29, 1.82) is 0 Å². The molecule has 0 aliphatic carbocycles. The Hall–Kier alpha value is -3.42. The quantitative estimate of drug-likeness (QED) is 0.741. The molecule has 8 heteroatoms. The van der Waals surface area contributed by atoms with Crippen LogP contribution in [-0.4, -0.2) is 25.2 Å². The number of rotatable bonds is 6. The van der Waals surface area contributed by atoms with Gasteiger partial charge in [-0.05, 0) is 18.6 Å². The van der Waals surface area contributed by atoms with Gasteiger partial charge in [0, 0.05) is 5.56 Å². The van der Waals surface area contributed by atoms with Crippen molar-refractivity contribution in [3.8, 4) is 5.75 Å². The third-order valence-electron chi connectivity index (χ3n) is 4.08. The molecule has 0 aromatic heterocycles. The van der Waals surface area contributed by atoms with Gasteiger partial charge < -0.3 is 20.1 Å². The monoisotopic (exact) mass is 388 g/mol. The number of alkyl halides is 2. The predicted octanol–water partition coefficient (Wildman–Crippen LogP) is 3.62. The molecule has 28 heavy (non-hydrogen) atoms. The maximum Gasteiger partial charge on any atom is 0.387 e. The van der Waals surface area contributed by atoms with E-state index in [0.717, 1.165) is 0 Å². The molecular formula is C20H18F2N2O4. The van der Waals surface area contributed by atoms with Crippen LogP contribution in [0.2, 0.25) is 0 Å². The number of esters is 1. The van der Waals surface area contributed by atoms with E-state index in [4.69, 9.17) is 4.74 Å². The molecule has 1 unspecified atom stereocenters. The lowest BCUT2D eigenvalue weighted by Gasteiger charge is -2.30. The molecule has 2 aromatic rings. The van der Waals surface area contributed by atoms with E-state index < -0.39 is 24.7 Å². The van der Waals surface area contributed by atoms with Gasteiger partial charge >= 0.3 is 18.6 Å². The Bertz CT molecular complexity index is 900. The largest absolute Gasteiger partial charge is 0.463 e. The van der Waals surface area contributed by atoms with Crippen LogP contribution in [0.4, 0.5) is 13.6 Å². The number of carbonyl (C=O) groups excluding carboxylic acids is 2. The highest BCUT2D eigenvalue weighted by Crippen LogP contribution is 2.36. The van der Waals surface area contributed by atoms with E-state index in [2.05, 4.69) is 15.4 Å². The Morgan fingerprint density at radius 1 is 1.11 bits per heavy atom. The fourth-order valence-corrected chi connectivity index (χ4v) is 2.98. The van der Waals surface area contributed by atoms with Crippen LogP contribution in [0.25, 0.3) is 5.70 Å². The van der Waals surface area contributed by atoms with E-state index in [0.29, 0.717) is 5.56 Å². The van der Waals surface area contributed by atoms with Crippen LogP contribution >= 0.6 is 0 Å². The van der Waals surface area contributed by atoms with Crippen LogP contribution in [0.3, 0.4) is 0 Å². The lowest BCUT2D eigenvalue weighted by Crippen LogP contribution is -2.45. The van der Waals surface area contributed by atoms with Crippen molar-refractivity contribution in [2.75, 3.05) is 6.61 Å². The minimum atomic E-state index is -3.05. The number of nitrogens with one attached hydrogen (secondary N) is 2. The minimum Gasteiger partial charge on any atom is -0.463 e. The zero-order chi connectivity index (χ0) is 20.1. The molecule has 3 rings (SSSR count). The van der Waals surface area contributed by atoms with Crippen molar-refractivity contribution < 1.29 is 27.8 Å². The van der Waals surface area contributed by atoms with Gasteiger partial charge in [-0.25, -0.2) is 9.59 Å². The molecule has 146 valence electrons. The summed E-state index contributed by atoms with van der Waals surface area (Å²) in [5.41, 5.74) is 1.14. The molecule has 0 spiro atoms. The highest BCUT2D eigenvalue weighted by molar-refractivity contribution is 6.04. The standard InChI is InChI=1S/C20H18F2N2O4/c1-2-27-18(25)15-16(12-8-4-3-5-9-12)23-20(26)24-17(15)13-10-6-7-11-14(13)28-19(21)22/h3-11,17,19H,2H2,1H3,(H2,23,24,26). The highest BCUT2D eigenvalue weighted by atomic mass is 19.3. The van der Waals surface area contributed by atoms with Gasteiger partial charge in [0.15, 0.2) is 0 Å². The summed E-state index contributed by atoms with van der Waals surface area (Å²) in [5.74, 6) is -0.815. The topological polar surface area (TPSA) is 76.7 Å². The number of ether oxygens (including phenoxy) is 2. The second-order valence-electron chi connectivity index (χ2n) is 5.82. The van der Waals surface area contributed by atoms with E-state index in [-0.39, 0.29) is 29.2 Å². The van der Waals surface area contributed by atoms with Gasteiger partial charge in [0.05, 0.1) is 23.9 Å². The first-order valence-electron chi connectivity index (χ1n) is 8.59. The molecule has 1 aliphatic rings. The molecule has 6 nitrogen and oxygen atoms in total. The highest BCUT2D eigenvalue weighted by Gasteiger charge is 2.36. The van der Waals surface area contributed by atoms with Crippen LogP contribution in [0, 0.1) is 0 Å². The summed E-state index contributed by atoms with van der Waals surface area (Å²) in [4.78, 5) is 25.0. The van der Waals surface area contributed by atoms with Gasteiger partial charge in [0.2, 0.25) is 0 Å². The van der Waals surface area contributed by atoms with E-state index in [1.165, 1.54) is 18.2 Å². The van der Waals surface area contributed by atoms with Crippen LogP contribution < -0.4 is 15.4 Å². The smallest absolute Gasteiger partial charge is 0.387 e. The molecule has 2 amide bonds. The summed E-state index contributed by atoms with van der Waals surface area (Å²) in [6, 6.07) is 13.1. The maximum absolute atomic E-state index is 12.8. The summed E-state index contributed by atoms with van der Waals surface area (Å²) >= 11 is 0. The number of hydrogen-bond donors (Lipinski definition) is 2. The third kappa shape index (κ3) is 4.11. The summed E-state index contributed by atoms with van der Waals surface area (Å²) in [7, 11) is 0. The van der Waals surface area contributed by atoms with Gasteiger partial charge in [-0.1, -0.05) is 48.5 Å². The van der Waals surface area contributed by atoms with Gasteiger partial charge in [0.1, 0.15) is 5.75 Å². The predicted molar refractivity (Wildman–Crippen MR) is 97.5 cm³/mol. The first-order valence-corrected chi connectivity index (χ1v) is 8.59. The maximum atomic E-state index is 12.8. The molecule has 0 bridgehead atoms. The van der Waals surface area contributed by atoms with E-state index >= 15 is 0 Å². The number of para-hydroxylation sites is 1. The summed E-state index contributed by atoms with van der Waals surface area (Å²) in [6.45, 7) is -1.29. The normalized spacial score (nSPS) is 16.4. The lowest BCUT2D eigenvalue weighted by atomic mass is 9.92. The zero-order valence-electron chi connectivity index (χ0n) is 14.9. The van der Waals surface area contributed by atoms with Gasteiger partial charge in [-0.2, -0.15) is 8.78 Å². The lowest BCUT2D eigenvalue weighted by molar-refractivity contribution is -0.138. The van der Waals surface area contributed by atoms with Crippen LogP contribution in [-0.2, 0) is 9.53 Å². The van der Waals surface area contributed by atoms with E-state index in [1.807, 2.05) is 0 Å². The van der Waals surface area contributed by atoms with Crippen molar-refractivity contribution in [3.05, 3.63) is 71.3 Å². The first kappa shape index (κ1) is 19.3. The number of carbonyl (C=O) groups is 2. The number of halogens is 2. The average molecular weight is 388 g/mol. The molecule has 1 aliphatic heterocycles. The van der Waals surface area contributed by atoms with Crippen LogP contribution in [0.15, 0.2) is 60.2 Å². The molecule has 0 radical (unpaired) electrons. The Kier molecular flexibility index (Phi) is 5.88.